The summed E-state index contributed by atoms with van der Waals surface area (Å²) in [6, 6.07) is 0. The molecule has 3 rings (SSSR count). The molecule has 3 fully saturated rings. The Morgan fingerprint density at radius 2 is 2.13 bits per heavy atom. The van der Waals surface area contributed by atoms with Crippen molar-refractivity contribution in [3.05, 3.63) is 0 Å². The fourth-order valence-electron chi connectivity index (χ4n) is 3.95. The number of aliphatic hydroxyl groups is 1. The van der Waals surface area contributed by atoms with E-state index in [0.717, 1.165) is 44.8 Å². The number of ether oxygens (including phenoxy) is 1. The van der Waals surface area contributed by atoms with Gasteiger partial charge in [-0.1, -0.05) is 6.42 Å². The highest BCUT2D eigenvalue weighted by Gasteiger charge is 2.58. The Balaban J connectivity index is 1.89. The molecule has 2 aliphatic heterocycles. The molecule has 84 valence electrons. The molecular formula is C12H18O3. The van der Waals surface area contributed by atoms with Crippen LogP contribution in [0.5, 0.6) is 0 Å². The van der Waals surface area contributed by atoms with Gasteiger partial charge in [0.2, 0.25) is 0 Å². The summed E-state index contributed by atoms with van der Waals surface area (Å²) in [5.41, 5.74) is -0.348. The van der Waals surface area contributed by atoms with E-state index in [9.17, 15) is 9.90 Å². The lowest BCUT2D eigenvalue weighted by atomic mass is 9.65. The Hall–Kier alpha value is -0.410. The van der Waals surface area contributed by atoms with Gasteiger partial charge < -0.3 is 14.6 Å². The van der Waals surface area contributed by atoms with E-state index in [-0.39, 0.29) is 29.6 Å². The predicted octanol–water partition coefficient (Wildman–Crippen LogP) is 1.28. The first-order valence-corrected chi connectivity index (χ1v) is 6.06. The van der Waals surface area contributed by atoms with Gasteiger partial charge in [0.05, 0.1) is 23.7 Å². The van der Waals surface area contributed by atoms with Crippen molar-refractivity contribution in [1.82, 2.24) is 0 Å². The molecular weight excluding hydrogens is 192 g/mol. The Bertz CT molecular complexity index is 278. The predicted molar refractivity (Wildman–Crippen MR) is 54.4 cm³/mol. The number of rotatable bonds is 2. The van der Waals surface area contributed by atoms with Crippen molar-refractivity contribution in [1.29, 1.82) is 0 Å². The molecule has 0 spiro atoms. The second kappa shape index (κ2) is 3.29. The molecule has 3 heteroatoms. The average molecular weight is 210 g/mol. The van der Waals surface area contributed by atoms with Crippen LogP contribution in [-0.2, 0) is 9.53 Å². The third-order valence-electron chi connectivity index (χ3n) is 4.68. The number of carbonyl (C=O) groups is 1. The number of fused-ring (bicyclic) bond motifs is 2. The summed E-state index contributed by atoms with van der Waals surface area (Å²) in [6.07, 6.45) is 7.06. The Labute approximate surface area is 89.8 Å². The monoisotopic (exact) mass is 210 g/mol. The smallest absolute Gasteiger partial charge is 0.129 e. The molecule has 1 saturated carbocycles. The van der Waals surface area contributed by atoms with Gasteiger partial charge in [-0.3, -0.25) is 0 Å². The topological polar surface area (TPSA) is 46.5 Å². The van der Waals surface area contributed by atoms with Crippen LogP contribution in [0.3, 0.4) is 0 Å². The SMILES string of the molecule is O=CC1(C2CCCC2O)CC2CCC1O2. The zero-order valence-corrected chi connectivity index (χ0v) is 8.89. The summed E-state index contributed by atoms with van der Waals surface area (Å²) in [7, 11) is 0. The number of carbonyl (C=O) groups excluding carboxylic acids is 1. The quantitative estimate of drug-likeness (QED) is 0.698. The van der Waals surface area contributed by atoms with Crippen LogP contribution in [0.15, 0.2) is 0 Å². The van der Waals surface area contributed by atoms with E-state index < -0.39 is 0 Å². The summed E-state index contributed by atoms with van der Waals surface area (Å²) in [6.45, 7) is 0. The van der Waals surface area contributed by atoms with E-state index in [2.05, 4.69) is 0 Å². The van der Waals surface area contributed by atoms with Crippen molar-refractivity contribution >= 4 is 6.29 Å². The number of aliphatic hydroxyl groups excluding tert-OH is 1. The maximum atomic E-state index is 11.5. The van der Waals surface area contributed by atoms with Crippen LogP contribution >= 0.6 is 0 Å². The van der Waals surface area contributed by atoms with Gasteiger partial charge >= 0.3 is 0 Å². The zero-order chi connectivity index (χ0) is 10.5. The highest BCUT2D eigenvalue weighted by molar-refractivity contribution is 5.63. The van der Waals surface area contributed by atoms with Gasteiger partial charge in [-0.15, -0.1) is 0 Å². The van der Waals surface area contributed by atoms with E-state index in [1.165, 1.54) is 0 Å². The molecule has 0 aromatic heterocycles. The third-order valence-corrected chi connectivity index (χ3v) is 4.68. The Morgan fingerprint density at radius 1 is 1.27 bits per heavy atom. The summed E-state index contributed by atoms with van der Waals surface area (Å²) in [4.78, 5) is 11.5. The minimum Gasteiger partial charge on any atom is -0.393 e. The largest absolute Gasteiger partial charge is 0.393 e. The third kappa shape index (κ3) is 1.23. The average Bonchev–Trinajstić information content (AvgIpc) is 2.91. The molecule has 2 bridgehead atoms. The van der Waals surface area contributed by atoms with Crippen LogP contribution in [0, 0.1) is 11.3 Å². The fraction of sp³-hybridized carbons (Fsp3) is 0.917. The summed E-state index contributed by atoms with van der Waals surface area (Å²) < 4.78 is 5.80. The van der Waals surface area contributed by atoms with Gasteiger partial charge in [0.25, 0.3) is 0 Å². The molecule has 2 heterocycles. The van der Waals surface area contributed by atoms with Crippen molar-refractivity contribution < 1.29 is 14.6 Å². The lowest BCUT2D eigenvalue weighted by Crippen LogP contribution is -2.44. The molecule has 5 atom stereocenters. The normalized spacial score (nSPS) is 53.7. The van der Waals surface area contributed by atoms with Crippen molar-refractivity contribution in [2.75, 3.05) is 0 Å². The number of aldehydes is 1. The Kier molecular flexibility index (Phi) is 2.15. The van der Waals surface area contributed by atoms with Gasteiger partial charge in [0.15, 0.2) is 0 Å². The van der Waals surface area contributed by atoms with Gasteiger partial charge in [0.1, 0.15) is 6.29 Å². The van der Waals surface area contributed by atoms with Crippen LogP contribution in [0.25, 0.3) is 0 Å². The Morgan fingerprint density at radius 3 is 2.60 bits per heavy atom. The van der Waals surface area contributed by atoms with E-state index in [1.807, 2.05) is 0 Å². The van der Waals surface area contributed by atoms with E-state index in [4.69, 9.17) is 4.74 Å². The maximum Gasteiger partial charge on any atom is 0.129 e. The van der Waals surface area contributed by atoms with Crippen molar-refractivity contribution in [2.24, 2.45) is 11.3 Å². The number of hydrogen-bond acceptors (Lipinski definition) is 3. The van der Waals surface area contributed by atoms with Crippen LogP contribution in [-0.4, -0.2) is 29.7 Å². The zero-order valence-electron chi connectivity index (χ0n) is 8.89. The summed E-state index contributed by atoms with van der Waals surface area (Å²) in [5, 5.41) is 9.96. The van der Waals surface area contributed by atoms with Crippen molar-refractivity contribution in [2.45, 2.75) is 56.8 Å². The summed E-state index contributed by atoms with van der Waals surface area (Å²) in [5.74, 6) is 0.158. The molecule has 1 aliphatic carbocycles. The van der Waals surface area contributed by atoms with Crippen LogP contribution in [0.2, 0.25) is 0 Å². The lowest BCUT2D eigenvalue weighted by Gasteiger charge is -2.37. The molecule has 0 aromatic carbocycles. The van der Waals surface area contributed by atoms with E-state index in [1.54, 1.807) is 0 Å². The first-order valence-electron chi connectivity index (χ1n) is 6.06. The van der Waals surface area contributed by atoms with Gasteiger partial charge in [-0.2, -0.15) is 0 Å². The standard InChI is InChI=1S/C12H18O3/c13-7-12(9-2-1-3-10(9)14)6-8-4-5-11(12)15-8/h7-11,14H,1-6H2. The highest BCUT2D eigenvalue weighted by atomic mass is 16.5. The molecule has 15 heavy (non-hydrogen) atoms. The molecule has 5 unspecified atom stereocenters. The maximum absolute atomic E-state index is 11.5. The molecule has 3 nitrogen and oxygen atoms in total. The van der Waals surface area contributed by atoms with E-state index in [0.29, 0.717) is 0 Å². The van der Waals surface area contributed by atoms with E-state index >= 15 is 0 Å². The fourth-order valence-corrected chi connectivity index (χ4v) is 3.95. The van der Waals surface area contributed by atoms with Crippen LogP contribution in [0.4, 0.5) is 0 Å². The minimum atomic E-state index is -0.348. The van der Waals surface area contributed by atoms with Gasteiger partial charge in [0, 0.05) is 0 Å². The lowest BCUT2D eigenvalue weighted by molar-refractivity contribution is -0.126. The first-order chi connectivity index (χ1) is 7.26. The molecule has 2 saturated heterocycles. The molecule has 0 radical (unpaired) electrons. The second-order valence-corrected chi connectivity index (χ2v) is 5.36. The van der Waals surface area contributed by atoms with Crippen molar-refractivity contribution in [3.8, 4) is 0 Å². The number of hydrogen-bond donors (Lipinski definition) is 1. The second-order valence-electron chi connectivity index (χ2n) is 5.36. The van der Waals surface area contributed by atoms with Crippen LogP contribution in [0.1, 0.15) is 38.5 Å². The van der Waals surface area contributed by atoms with Gasteiger partial charge in [-0.25, -0.2) is 0 Å². The minimum absolute atomic E-state index is 0.0951. The molecule has 0 amide bonds. The molecule has 1 N–H and O–H groups in total. The van der Waals surface area contributed by atoms with Gasteiger partial charge in [-0.05, 0) is 38.0 Å². The van der Waals surface area contributed by atoms with Crippen molar-refractivity contribution in [3.63, 3.8) is 0 Å². The first kappa shape index (κ1) is 9.79. The van der Waals surface area contributed by atoms with Crippen LogP contribution < -0.4 is 0 Å². The highest BCUT2D eigenvalue weighted by Crippen LogP contribution is 2.54. The molecule has 0 aromatic rings. The molecule has 3 aliphatic rings. The summed E-state index contributed by atoms with van der Waals surface area (Å²) >= 11 is 0.